The molecule has 17 heavy (non-hydrogen) atoms. The maximum Gasteiger partial charge on any atom is 0.302 e. The van der Waals surface area contributed by atoms with E-state index >= 15 is 0 Å². The van der Waals surface area contributed by atoms with Crippen LogP contribution in [0, 0.1) is 5.92 Å². The molecule has 0 fully saturated rings. The first kappa shape index (κ1) is 15.7. The zero-order chi connectivity index (χ0) is 13.1. The molecule has 0 aliphatic rings. The Labute approximate surface area is 103 Å². The van der Waals surface area contributed by atoms with Crippen LogP contribution in [-0.2, 0) is 16.0 Å². The molecule has 1 atom stereocenters. The van der Waals surface area contributed by atoms with Crippen LogP contribution in [0.3, 0.4) is 0 Å². The van der Waals surface area contributed by atoms with Crippen molar-refractivity contribution in [1.82, 2.24) is 0 Å². The molecule has 1 heterocycles. The Kier molecular flexibility index (Phi) is 9.15. The molecule has 0 spiro atoms. The molecule has 0 aliphatic heterocycles. The van der Waals surface area contributed by atoms with Gasteiger partial charge in [0, 0.05) is 13.3 Å². The predicted molar refractivity (Wildman–Crippen MR) is 67.6 cm³/mol. The lowest BCUT2D eigenvalue weighted by Crippen LogP contribution is -2.15. The molecule has 2 N–H and O–H groups in total. The SMILES string of the molecule is CCOC(C)=O.CC[C@H](CN)Cc1ccco1. The highest BCUT2D eigenvalue weighted by Gasteiger charge is 2.05. The van der Waals surface area contributed by atoms with Gasteiger partial charge < -0.3 is 14.9 Å². The highest BCUT2D eigenvalue weighted by Crippen LogP contribution is 2.10. The van der Waals surface area contributed by atoms with Crippen LogP contribution >= 0.6 is 0 Å². The Morgan fingerprint density at radius 1 is 1.53 bits per heavy atom. The molecule has 0 saturated heterocycles. The number of carbonyl (C=O) groups excluding carboxylic acids is 1. The highest BCUT2D eigenvalue weighted by molar-refractivity contribution is 5.65. The summed E-state index contributed by atoms with van der Waals surface area (Å²) in [5, 5.41) is 0. The molecule has 0 saturated carbocycles. The summed E-state index contributed by atoms with van der Waals surface area (Å²) in [6.45, 7) is 6.55. The first-order chi connectivity index (χ1) is 8.13. The normalized spacial score (nSPS) is 11.3. The van der Waals surface area contributed by atoms with E-state index < -0.39 is 0 Å². The predicted octanol–water partition coefficient (Wildman–Crippen LogP) is 2.38. The van der Waals surface area contributed by atoms with Gasteiger partial charge in [-0.05, 0) is 31.5 Å². The van der Waals surface area contributed by atoms with E-state index in [1.165, 1.54) is 6.92 Å². The molecule has 0 aromatic carbocycles. The third-order valence-electron chi connectivity index (χ3n) is 2.33. The molecular formula is C13H23NO3. The van der Waals surface area contributed by atoms with Gasteiger partial charge in [-0.2, -0.15) is 0 Å². The summed E-state index contributed by atoms with van der Waals surface area (Å²) in [6, 6.07) is 3.91. The number of esters is 1. The van der Waals surface area contributed by atoms with Crippen LogP contribution in [0.4, 0.5) is 0 Å². The van der Waals surface area contributed by atoms with Gasteiger partial charge in [0.2, 0.25) is 0 Å². The molecule has 0 unspecified atom stereocenters. The Hall–Kier alpha value is -1.29. The number of nitrogens with two attached hydrogens (primary N) is 1. The van der Waals surface area contributed by atoms with Crippen molar-refractivity contribution in [1.29, 1.82) is 0 Å². The molecule has 4 heteroatoms. The van der Waals surface area contributed by atoms with E-state index in [2.05, 4.69) is 11.7 Å². The van der Waals surface area contributed by atoms with Gasteiger partial charge in [-0.25, -0.2) is 0 Å². The van der Waals surface area contributed by atoms with Crippen molar-refractivity contribution in [3.8, 4) is 0 Å². The maximum atomic E-state index is 9.82. The van der Waals surface area contributed by atoms with Gasteiger partial charge in [-0.1, -0.05) is 13.3 Å². The minimum absolute atomic E-state index is 0.211. The van der Waals surface area contributed by atoms with Gasteiger partial charge in [0.05, 0.1) is 12.9 Å². The second kappa shape index (κ2) is 9.90. The molecule has 0 bridgehead atoms. The number of furan rings is 1. The molecular weight excluding hydrogens is 218 g/mol. The average molecular weight is 241 g/mol. The van der Waals surface area contributed by atoms with Gasteiger partial charge >= 0.3 is 5.97 Å². The van der Waals surface area contributed by atoms with Gasteiger partial charge in [0.15, 0.2) is 0 Å². The highest BCUT2D eigenvalue weighted by atomic mass is 16.5. The first-order valence-electron chi connectivity index (χ1n) is 5.99. The maximum absolute atomic E-state index is 9.82. The number of rotatable bonds is 5. The number of carbonyl (C=O) groups is 1. The van der Waals surface area contributed by atoms with Crippen LogP contribution in [0.25, 0.3) is 0 Å². The van der Waals surface area contributed by atoms with E-state index in [1.54, 1.807) is 13.2 Å². The lowest BCUT2D eigenvalue weighted by molar-refractivity contribution is -0.140. The summed E-state index contributed by atoms with van der Waals surface area (Å²) in [5.41, 5.74) is 5.56. The number of hydrogen-bond acceptors (Lipinski definition) is 4. The monoisotopic (exact) mass is 241 g/mol. The Morgan fingerprint density at radius 2 is 2.24 bits per heavy atom. The fraction of sp³-hybridized carbons (Fsp3) is 0.615. The minimum Gasteiger partial charge on any atom is -0.469 e. The largest absolute Gasteiger partial charge is 0.469 e. The Bertz CT molecular complexity index is 279. The Balaban J connectivity index is 0.000000366. The van der Waals surface area contributed by atoms with Crippen LogP contribution in [0.5, 0.6) is 0 Å². The summed E-state index contributed by atoms with van der Waals surface area (Å²) in [6.07, 6.45) is 3.80. The number of hydrogen-bond donors (Lipinski definition) is 1. The molecule has 98 valence electrons. The van der Waals surface area contributed by atoms with E-state index in [4.69, 9.17) is 10.2 Å². The lowest BCUT2D eigenvalue weighted by Gasteiger charge is -2.08. The molecule has 0 radical (unpaired) electrons. The summed E-state index contributed by atoms with van der Waals surface area (Å²) in [7, 11) is 0. The molecule has 0 amide bonds. The molecule has 1 aromatic rings. The fourth-order valence-electron chi connectivity index (χ4n) is 1.31. The quantitative estimate of drug-likeness (QED) is 0.804. The van der Waals surface area contributed by atoms with Crippen LogP contribution in [0.15, 0.2) is 22.8 Å². The topological polar surface area (TPSA) is 65.5 Å². The van der Waals surface area contributed by atoms with E-state index in [0.717, 1.165) is 25.1 Å². The molecule has 1 aromatic heterocycles. The van der Waals surface area contributed by atoms with Crippen molar-refractivity contribution < 1.29 is 13.9 Å². The van der Waals surface area contributed by atoms with Gasteiger partial charge in [-0.3, -0.25) is 4.79 Å². The number of ether oxygens (including phenoxy) is 1. The third kappa shape index (κ3) is 8.51. The van der Waals surface area contributed by atoms with Crippen LogP contribution in [0.1, 0.15) is 33.0 Å². The molecule has 4 nitrogen and oxygen atoms in total. The van der Waals surface area contributed by atoms with Gasteiger partial charge in [-0.15, -0.1) is 0 Å². The van der Waals surface area contributed by atoms with Crippen LogP contribution < -0.4 is 5.73 Å². The second-order valence-electron chi connectivity index (χ2n) is 3.72. The van der Waals surface area contributed by atoms with Crippen molar-refractivity contribution in [3.63, 3.8) is 0 Å². The fourth-order valence-corrected chi connectivity index (χ4v) is 1.31. The van der Waals surface area contributed by atoms with Crippen molar-refractivity contribution in [2.75, 3.05) is 13.2 Å². The standard InChI is InChI=1S/C9H15NO.C4H8O2/c1-2-8(7-10)6-9-4-3-5-11-9;1-3-6-4(2)5/h3-5,8H,2,6-7,10H2,1H3;3H2,1-2H3/t8-;/m0./s1. The third-order valence-corrected chi connectivity index (χ3v) is 2.33. The van der Waals surface area contributed by atoms with Gasteiger partial charge in [0.25, 0.3) is 0 Å². The van der Waals surface area contributed by atoms with E-state index in [0.29, 0.717) is 12.5 Å². The van der Waals surface area contributed by atoms with Crippen molar-refractivity contribution >= 4 is 5.97 Å². The van der Waals surface area contributed by atoms with Crippen molar-refractivity contribution in [3.05, 3.63) is 24.2 Å². The summed E-state index contributed by atoms with van der Waals surface area (Å²) >= 11 is 0. The van der Waals surface area contributed by atoms with Crippen molar-refractivity contribution in [2.45, 2.75) is 33.6 Å². The summed E-state index contributed by atoms with van der Waals surface area (Å²) < 4.78 is 9.61. The lowest BCUT2D eigenvalue weighted by atomic mass is 10.0. The van der Waals surface area contributed by atoms with Crippen LogP contribution in [-0.4, -0.2) is 19.1 Å². The first-order valence-corrected chi connectivity index (χ1v) is 5.99. The molecule has 0 aliphatic carbocycles. The average Bonchev–Trinajstić information content (AvgIpc) is 2.79. The van der Waals surface area contributed by atoms with E-state index in [1.807, 2.05) is 12.1 Å². The van der Waals surface area contributed by atoms with Crippen molar-refractivity contribution in [2.24, 2.45) is 11.7 Å². The minimum atomic E-state index is -0.211. The smallest absolute Gasteiger partial charge is 0.302 e. The second-order valence-corrected chi connectivity index (χ2v) is 3.72. The molecule has 1 rings (SSSR count). The Morgan fingerprint density at radius 3 is 2.53 bits per heavy atom. The zero-order valence-corrected chi connectivity index (χ0v) is 10.9. The van der Waals surface area contributed by atoms with E-state index in [9.17, 15) is 4.79 Å². The summed E-state index contributed by atoms with van der Waals surface area (Å²) in [4.78, 5) is 9.82. The van der Waals surface area contributed by atoms with Crippen LogP contribution in [0.2, 0.25) is 0 Å². The van der Waals surface area contributed by atoms with Gasteiger partial charge in [0.1, 0.15) is 5.76 Å². The zero-order valence-electron chi connectivity index (χ0n) is 10.9. The van der Waals surface area contributed by atoms with E-state index in [-0.39, 0.29) is 5.97 Å². The summed E-state index contributed by atoms with van der Waals surface area (Å²) in [5.74, 6) is 1.40.